The second-order valence-electron chi connectivity index (χ2n) is 6.93. The number of benzene rings is 1. The summed E-state index contributed by atoms with van der Waals surface area (Å²) in [6.07, 6.45) is 3.76. The lowest BCUT2D eigenvalue weighted by molar-refractivity contribution is 0.151. The van der Waals surface area contributed by atoms with Crippen LogP contribution in [0.25, 0.3) is 11.5 Å². The van der Waals surface area contributed by atoms with Crippen LogP contribution in [-0.4, -0.2) is 40.2 Å². The van der Waals surface area contributed by atoms with Crippen molar-refractivity contribution >= 4 is 0 Å². The summed E-state index contributed by atoms with van der Waals surface area (Å²) in [7, 11) is 1.71. The molecule has 1 aromatic carbocycles. The van der Waals surface area contributed by atoms with Crippen LogP contribution in [0.15, 0.2) is 53.2 Å². The highest BCUT2D eigenvalue weighted by molar-refractivity contribution is 5.47. The van der Waals surface area contributed by atoms with Gasteiger partial charge in [-0.25, -0.2) is 0 Å². The third kappa shape index (κ3) is 3.85. The summed E-state index contributed by atoms with van der Waals surface area (Å²) >= 11 is 0. The van der Waals surface area contributed by atoms with Gasteiger partial charge in [0.05, 0.1) is 7.11 Å². The van der Waals surface area contributed by atoms with Gasteiger partial charge in [-0.2, -0.15) is 4.98 Å². The molecule has 0 bridgehead atoms. The zero-order chi connectivity index (χ0) is 18.6. The summed E-state index contributed by atoms with van der Waals surface area (Å²) in [5.41, 5.74) is 2.03. The molecular weight excluding hydrogens is 340 g/mol. The first-order valence-corrected chi connectivity index (χ1v) is 9.37. The normalized spacial score (nSPS) is 17.0. The second kappa shape index (κ2) is 7.88. The molecule has 0 N–H and O–H groups in total. The van der Waals surface area contributed by atoms with E-state index in [2.05, 4.69) is 45.1 Å². The van der Waals surface area contributed by atoms with E-state index in [-0.39, 0.29) is 0 Å². The SMILES string of the molecule is COc1cccc([C@H](C)N2CCC(c3nc(-c4ccccn4)no3)CC2)c1. The molecule has 1 fully saturated rings. The zero-order valence-electron chi connectivity index (χ0n) is 15.7. The van der Waals surface area contributed by atoms with Gasteiger partial charge < -0.3 is 9.26 Å². The van der Waals surface area contributed by atoms with Crippen molar-refractivity contribution in [3.8, 4) is 17.3 Å². The zero-order valence-corrected chi connectivity index (χ0v) is 15.7. The Kier molecular flexibility index (Phi) is 5.16. The second-order valence-corrected chi connectivity index (χ2v) is 6.93. The highest BCUT2D eigenvalue weighted by atomic mass is 16.5. The standard InChI is InChI=1S/C21H24N4O2/c1-15(17-6-5-7-18(14-17)26-2)25-12-9-16(10-13-25)21-23-20(24-27-21)19-8-3-4-11-22-19/h3-8,11,14-16H,9-10,12-13H2,1-2H3/t15-/m0/s1. The fraction of sp³-hybridized carbons (Fsp3) is 0.381. The minimum atomic E-state index is 0.309. The van der Waals surface area contributed by atoms with Crippen molar-refractivity contribution in [2.75, 3.05) is 20.2 Å². The van der Waals surface area contributed by atoms with Crippen LogP contribution in [0.2, 0.25) is 0 Å². The molecule has 1 atom stereocenters. The van der Waals surface area contributed by atoms with Gasteiger partial charge in [0, 0.05) is 18.2 Å². The molecule has 6 nitrogen and oxygen atoms in total. The number of aromatic nitrogens is 3. The van der Waals surface area contributed by atoms with Gasteiger partial charge in [0.25, 0.3) is 0 Å². The summed E-state index contributed by atoms with van der Waals surface area (Å²) in [6, 6.07) is 14.4. The van der Waals surface area contributed by atoms with Gasteiger partial charge in [0.2, 0.25) is 11.7 Å². The molecule has 0 saturated carbocycles. The molecule has 0 spiro atoms. The summed E-state index contributed by atoms with van der Waals surface area (Å²) < 4.78 is 10.9. The third-order valence-electron chi connectivity index (χ3n) is 5.34. The molecule has 27 heavy (non-hydrogen) atoms. The highest BCUT2D eigenvalue weighted by Crippen LogP contribution is 2.32. The number of pyridine rings is 1. The fourth-order valence-electron chi connectivity index (χ4n) is 3.65. The average molecular weight is 364 g/mol. The lowest BCUT2D eigenvalue weighted by Crippen LogP contribution is -2.35. The summed E-state index contributed by atoms with van der Waals surface area (Å²) in [6.45, 7) is 4.26. The molecule has 1 aliphatic heterocycles. The van der Waals surface area contributed by atoms with E-state index in [4.69, 9.17) is 9.26 Å². The molecule has 2 aromatic heterocycles. The van der Waals surface area contributed by atoms with E-state index in [1.165, 1.54) is 5.56 Å². The number of piperidine rings is 1. The molecule has 140 valence electrons. The van der Waals surface area contributed by atoms with Crippen molar-refractivity contribution in [2.45, 2.75) is 31.7 Å². The first-order valence-electron chi connectivity index (χ1n) is 9.37. The number of nitrogens with zero attached hydrogens (tertiary/aromatic N) is 4. The Morgan fingerprint density at radius 2 is 2.00 bits per heavy atom. The number of methoxy groups -OCH3 is 1. The van der Waals surface area contributed by atoms with Crippen LogP contribution < -0.4 is 4.74 Å². The number of hydrogen-bond acceptors (Lipinski definition) is 6. The van der Waals surface area contributed by atoms with Crippen LogP contribution in [0.5, 0.6) is 5.75 Å². The summed E-state index contributed by atoms with van der Waals surface area (Å²) in [4.78, 5) is 11.4. The Balaban J connectivity index is 1.39. The van der Waals surface area contributed by atoms with Crippen LogP contribution in [0.1, 0.15) is 43.2 Å². The Morgan fingerprint density at radius 1 is 1.15 bits per heavy atom. The van der Waals surface area contributed by atoms with Crippen LogP contribution >= 0.6 is 0 Å². The fourth-order valence-corrected chi connectivity index (χ4v) is 3.65. The van der Waals surface area contributed by atoms with Gasteiger partial charge in [0.1, 0.15) is 11.4 Å². The molecule has 6 heteroatoms. The molecule has 3 heterocycles. The summed E-state index contributed by atoms with van der Waals surface area (Å²) in [5.74, 6) is 2.51. The van der Waals surface area contributed by atoms with E-state index in [1.807, 2.05) is 24.3 Å². The average Bonchev–Trinajstić information content (AvgIpc) is 3.24. The first kappa shape index (κ1) is 17.7. The van der Waals surface area contributed by atoms with E-state index in [0.29, 0.717) is 17.8 Å². The van der Waals surface area contributed by atoms with E-state index in [9.17, 15) is 0 Å². The van der Waals surface area contributed by atoms with Crippen molar-refractivity contribution in [1.29, 1.82) is 0 Å². The maximum atomic E-state index is 5.53. The van der Waals surface area contributed by atoms with Crippen molar-refractivity contribution in [3.05, 3.63) is 60.1 Å². The van der Waals surface area contributed by atoms with Gasteiger partial charge >= 0.3 is 0 Å². The first-order chi connectivity index (χ1) is 13.2. The van der Waals surface area contributed by atoms with Crippen molar-refractivity contribution in [2.24, 2.45) is 0 Å². The van der Waals surface area contributed by atoms with Crippen molar-refractivity contribution < 1.29 is 9.26 Å². The monoisotopic (exact) mass is 364 g/mol. The van der Waals surface area contributed by atoms with Gasteiger partial charge in [-0.1, -0.05) is 23.4 Å². The molecule has 0 radical (unpaired) electrons. The predicted molar refractivity (Wildman–Crippen MR) is 102 cm³/mol. The topological polar surface area (TPSA) is 64.3 Å². The molecule has 1 saturated heterocycles. The smallest absolute Gasteiger partial charge is 0.230 e. The van der Waals surface area contributed by atoms with E-state index in [0.717, 1.165) is 43.3 Å². The molecule has 1 aliphatic rings. The molecule has 0 aliphatic carbocycles. The lowest BCUT2D eigenvalue weighted by Gasteiger charge is -2.35. The van der Waals surface area contributed by atoms with E-state index < -0.39 is 0 Å². The number of rotatable bonds is 5. The Bertz CT molecular complexity index is 873. The predicted octanol–water partition coefficient (Wildman–Crippen LogP) is 4.08. The largest absolute Gasteiger partial charge is 0.497 e. The lowest BCUT2D eigenvalue weighted by atomic mass is 9.94. The van der Waals surface area contributed by atoms with Crippen LogP contribution in [-0.2, 0) is 0 Å². The summed E-state index contributed by atoms with van der Waals surface area (Å²) in [5, 5.41) is 4.11. The molecular formula is C21H24N4O2. The Hall–Kier alpha value is -2.73. The third-order valence-corrected chi connectivity index (χ3v) is 5.34. The number of ether oxygens (including phenoxy) is 1. The number of hydrogen-bond donors (Lipinski definition) is 0. The highest BCUT2D eigenvalue weighted by Gasteiger charge is 2.28. The Morgan fingerprint density at radius 3 is 2.74 bits per heavy atom. The maximum Gasteiger partial charge on any atom is 0.230 e. The minimum Gasteiger partial charge on any atom is -0.497 e. The quantitative estimate of drug-likeness (QED) is 0.680. The van der Waals surface area contributed by atoms with E-state index in [1.54, 1.807) is 13.3 Å². The molecule has 4 rings (SSSR count). The molecule has 3 aromatic rings. The van der Waals surface area contributed by atoms with Crippen molar-refractivity contribution in [3.63, 3.8) is 0 Å². The minimum absolute atomic E-state index is 0.309. The van der Waals surface area contributed by atoms with Crippen molar-refractivity contribution in [1.82, 2.24) is 20.0 Å². The van der Waals surface area contributed by atoms with Crippen LogP contribution in [0, 0.1) is 0 Å². The van der Waals surface area contributed by atoms with Gasteiger partial charge in [-0.15, -0.1) is 0 Å². The molecule has 0 unspecified atom stereocenters. The van der Waals surface area contributed by atoms with Gasteiger partial charge in [0.15, 0.2) is 0 Å². The van der Waals surface area contributed by atoms with Gasteiger partial charge in [-0.3, -0.25) is 9.88 Å². The Labute approximate surface area is 159 Å². The number of likely N-dealkylation sites (tertiary alicyclic amines) is 1. The van der Waals surface area contributed by atoms with E-state index >= 15 is 0 Å². The van der Waals surface area contributed by atoms with Crippen LogP contribution in [0.3, 0.4) is 0 Å². The maximum absolute atomic E-state index is 5.53. The molecule has 0 amide bonds. The van der Waals surface area contributed by atoms with Gasteiger partial charge in [-0.05, 0) is 62.7 Å². The van der Waals surface area contributed by atoms with Crippen LogP contribution in [0.4, 0.5) is 0 Å².